The average Bonchev–Trinajstić information content (AvgIpc) is 2.39. The minimum atomic E-state index is -1.56. The number of anilines is 1. The second-order valence-electron chi connectivity index (χ2n) is 4.25. The highest BCUT2D eigenvalue weighted by atomic mass is 16.5. The lowest BCUT2D eigenvalue weighted by molar-refractivity contribution is -0.142. The third kappa shape index (κ3) is 2.85. The molecule has 0 aromatic heterocycles. The minimum absolute atomic E-state index is 0.611. The minimum Gasteiger partial charge on any atom is -0.496 e. The Hall–Kier alpha value is -2.08. The Morgan fingerprint density at radius 2 is 1.89 bits per heavy atom. The van der Waals surface area contributed by atoms with Gasteiger partial charge in [-0.05, 0) is 37.1 Å². The first-order chi connectivity index (χ1) is 8.81. The van der Waals surface area contributed by atoms with E-state index in [1.165, 1.54) is 11.9 Å². The van der Waals surface area contributed by atoms with Gasteiger partial charge in [-0.25, -0.2) is 4.79 Å². The molecule has 0 saturated heterocycles. The zero-order valence-electron chi connectivity index (χ0n) is 11.4. The van der Waals surface area contributed by atoms with Gasteiger partial charge in [0, 0.05) is 12.7 Å². The Labute approximate surface area is 111 Å². The summed E-state index contributed by atoms with van der Waals surface area (Å²) in [6.07, 6.45) is 0. The summed E-state index contributed by atoms with van der Waals surface area (Å²) in [6, 6.07) is 1.87. The number of carbonyl (C=O) groups excluding carboxylic acids is 1. The molecular weight excluding hydrogens is 248 g/mol. The molecule has 1 atom stereocenters. The number of rotatable bonds is 4. The maximum Gasteiger partial charge on any atom is 0.330 e. The van der Waals surface area contributed by atoms with E-state index in [-0.39, 0.29) is 0 Å². The molecule has 3 N–H and O–H groups in total. The molecule has 1 unspecified atom stereocenters. The summed E-state index contributed by atoms with van der Waals surface area (Å²) >= 11 is 0. The number of benzene rings is 1. The van der Waals surface area contributed by atoms with Crippen molar-refractivity contribution in [3.8, 4) is 5.75 Å². The van der Waals surface area contributed by atoms with Crippen LogP contribution in [-0.4, -0.2) is 37.2 Å². The predicted molar refractivity (Wildman–Crippen MR) is 71.5 cm³/mol. The Kier molecular flexibility index (Phi) is 4.50. The van der Waals surface area contributed by atoms with Crippen LogP contribution in [0.15, 0.2) is 12.1 Å². The summed E-state index contributed by atoms with van der Waals surface area (Å²) in [6.45, 7) is 3.70. The number of amides is 1. The molecule has 1 aromatic rings. The predicted octanol–water partition coefficient (Wildman–Crippen LogP) is 0.687. The lowest BCUT2D eigenvalue weighted by Gasteiger charge is -2.23. The lowest BCUT2D eigenvalue weighted by atomic mass is 10.1. The van der Waals surface area contributed by atoms with Crippen molar-refractivity contribution in [1.29, 1.82) is 0 Å². The highest BCUT2D eigenvalue weighted by molar-refractivity contribution is 6.08. The Bertz CT molecular complexity index is 514. The van der Waals surface area contributed by atoms with Crippen LogP contribution in [0.25, 0.3) is 0 Å². The second-order valence-corrected chi connectivity index (χ2v) is 4.25. The highest BCUT2D eigenvalue weighted by Crippen LogP contribution is 2.29. The number of likely N-dealkylation sites (N-methyl/N-ethyl adjacent to an activating group) is 1. The van der Waals surface area contributed by atoms with Gasteiger partial charge < -0.3 is 20.5 Å². The first kappa shape index (κ1) is 15.0. The van der Waals surface area contributed by atoms with E-state index in [4.69, 9.17) is 15.6 Å². The fourth-order valence-electron chi connectivity index (χ4n) is 1.80. The lowest BCUT2D eigenvalue weighted by Crippen LogP contribution is -2.47. The quantitative estimate of drug-likeness (QED) is 0.782. The van der Waals surface area contributed by atoms with Crippen LogP contribution < -0.4 is 15.4 Å². The van der Waals surface area contributed by atoms with Crippen molar-refractivity contribution in [3.63, 3.8) is 0 Å². The van der Waals surface area contributed by atoms with E-state index in [0.29, 0.717) is 11.4 Å². The molecule has 0 aliphatic heterocycles. The summed E-state index contributed by atoms with van der Waals surface area (Å²) in [7, 11) is 3.07. The number of ether oxygens (including phenoxy) is 1. The van der Waals surface area contributed by atoms with E-state index in [1.807, 2.05) is 13.8 Å². The third-order valence-corrected chi connectivity index (χ3v) is 3.15. The van der Waals surface area contributed by atoms with Crippen LogP contribution >= 0.6 is 0 Å². The molecular formula is C13H18N2O4. The molecule has 1 amide bonds. The molecule has 0 aliphatic rings. The standard InChI is InChI=1S/C13H18N2O4/c1-7-8(2)10(19-4)6-5-9(7)15(3)12(16)11(14)13(17)18/h5-6,11H,14H2,1-4H3,(H,17,18). The number of hydrogen-bond acceptors (Lipinski definition) is 4. The number of methoxy groups -OCH3 is 1. The van der Waals surface area contributed by atoms with Crippen LogP contribution in [0, 0.1) is 13.8 Å². The number of carboxylic acid groups (broad SMARTS) is 1. The third-order valence-electron chi connectivity index (χ3n) is 3.15. The zero-order valence-corrected chi connectivity index (χ0v) is 11.4. The molecule has 0 bridgehead atoms. The van der Waals surface area contributed by atoms with Crippen LogP contribution in [0.5, 0.6) is 5.75 Å². The maximum absolute atomic E-state index is 11.9. The molecule has 0 fully saturated rings. The SMILES string of the molecule is COc1ccc(N(C)C(=O)C(N)C(=O)O)c(C)c1C. The van der Waals surface area contributed by atoms with Gasteiger partial charge in [-0.2, -0.15) is 0 Å². The van der Waals surface area contributed by atoms with Crippen molar-refractivity contribution < 1.29 is 19.4 Å². The van der Waals surface area contributed by atoms with Gasteiger partial charge in [0.15, 0.2) is 6.04 Å². The molecule has 0 heterocycles. The molecule has 19 heavy (non-hydrogen) atoms. The smallest absolute Gasteiger partial charge is 0.330 e. The van der Waals surface area contributed by atoms with E-state index in [9.17, 15) is 9.59 Å². The largest absolute Gasteiger partial charge is 0.496 e. The average molecular weight is 266 g/mol. The van der Waals surface area contributed by atoms with Crippen molar-refractivity contribution >= 4 is 17.6 Å². The summed E-state index contributed by atoms with van der Waals surface area (Å²) in [5, 5.41) is 8.76. The van der Waals surface area contributed by atoms with Gasteiger partial charge in [0.05, 0.1) is 7.11 Å². The van der Waals surface area contributed by atoms with Gasteiger partial charge in [0.25, 0.3) is 5.91 Å². The fraction of sp³-hybridized carbons (Fsp3) is 0.385. The van der Waals surface area contributed by atoms with Gasteiger partial charge in [0.2, 0.25) is 0 Å². The number of aliphatic carboxylic acids is 1. The Balaban J connectivity index is 3.14. The summed E-state index contributed by atoms with van der Waals surface area (Å²) in [5.41, 5.74) is 7.67. The number of nitrogens with two attached hydrogens (primary N) is 1. The van der Waals surface area contributed by atoms with Gasteiger partial charge in [0.1, 0.15) is 5.75 Å². The summed E-state index contributed by atoms with van der Waals surface area (Å²) in [5.74, 6) is -1.30. The normalized spacial score (nSPS) is 11.8. The Morgan fingerprint density at radius 1 is 1.32 bits per heavy atom. The first-order valence-corrected chi connectivity index (χ1v) is 5.71. The molecule has 6 heteroatoms. The molecule has 1 rings (SSSR count). The number of carbonyl (C=O) groups is 2. The van der Waals surface area contributed by atoms with E-state index < -0.39 is 17.9 Å². The van der Waals surface area contributed by atoms with Crippen molar-refractivity contribution in [2.45, 2.75) is 19.9 Å². The molecule has 1 aromatic carbocycles. The fourth-order valence-corrected chi connectivity index (χ4v) is 1.80. The van der Waals surface area contributed by atoms with Crippen molar-refractivity contribution in [3.05, 3.63) is 23.3 Å². The topological polar surface area (TPSA) is 92.9 Å². The molecule has 0 spiro atoms. The van der Waals surface area contributed by atoms with Gasteiger partial charge in [-0.15, -0.1) is 0 Å². The van der Waals surface area contributed by atoms with E-state index >= 15 is 0 Å². The van der Waals surface area contributed by atoms with E-state index in [1.54, 1.807) is 19.2 Å². The number of carboxylic acids is 1. The van der Waals surface area contributed by atoms with Crippen LogP contribution in [0.2, 0.25) is 0 Å². The van der Waals surface area contributed by atoms with Gasteiger partial charge in [-0.3, -0.25) is 4.79 Å². The zero-order chi connectivity index (χ0) is 14.7. The van der Waals surface area contributed by atoms with Crippen molar-refractivity contribution in [2.24, 2.45) is 5.73 Å². The maximum atomic E-state index is 11.9. The van der Waals surface area contributed by atoms with E-state index in [2.05, 4.69) is 0 Å². The summed E-state index contributed by atoms with van der Waals surface area (Å²) < 4.78 is 5.18. The van der Waals surface area contributed by atoms with Crippen molar-refractivity contribution in [2.75, 3.05) is 19.1 Å². The molecule has 0 saturated carbocycles. The van der Waals surface area contributed by atoms with Gasteiger partial charge in [-0.1, -0.05) is 0 Å². The summed E-state index contributed by atoms with van der Waals surface area (Å²) in [4.78, 5) is 23.9. The van der Waals surface area contributed by atoms with Crippen LogP contribution in [0.4, 0.5) is 5.69 Å². The van der Waals surface area contributed by atoms with Crippen LogP contribution in [-0.2, 0) is 9.59 Å². The van der Waals surface area contributed by atoms with Gasteiger partial charge >= 0.3 is 5.97 Å². The Morgan fingerprint density at radius 3 is 2.37 bits per heavy atom. The molecule has 0 radical (unpaired) electrons. The first-order valence-electron chi connectivity index (χ1n) is 5.71. The van der Waals surface area contributed by atoms with Crippen LogP contribution in [0.1, 0.15) is 11.1 Å². The highest BCUT2D eigenvalue weighted by Gasteiger charge is 2.26. The second kappa shape index (κ2) is 5.71. The molecule has 6 nitrogen and oxygen atoms in total. The molecule has 104 valence electrons. The van der Waals surface area contributed by atoms with Crippen molar-refractivity contribution in [1.82, 2.24) is 0 Å². The molecule has 0 aliphatic carbocycles. The number of nitrogens with zero attached hydrogens (tertiary/aromatic N) is 1. The van der Waals surface area contributed by atoms with Crippen LogP contribution in [0.3, 0.4) is 0 Å². The number of hydrogen-bond donors (Lipinski definition) is 2. The monoisotopic (exact) mass is 266 g/mol. The van der Waals surface area contributed by atoms with E-state index in [0.717, 1.165) is 11.1 Å².